The van der Waals surface area contributed by atoms with Gasteiger partial charge < -0.3 is 25.2 Å². The van der Waals surface area contributed by atoms with Gasteiger partial charge in [0.15, 0.2) is 5.96 Å². The number of nitrogens with zero attached hydrogens (tertiary/aromatic N) is 3. The van der Waals surface area contributed by atoms with Crippen molar-refractivity contribution in [1.82, 2.24) is 15.5 Å². The summed E-state index contributed by atoms with van der Waals surface area (Å²) in [6.07, 6.45) is 0. The largest absolute Gasteiger partial charge is 0.497 e. The lowest BCUT2D eigenvalue weighted by molar-refractivity contribution is 0.0956. The molecule has 1 heterocycles. The fraction of sp³-hybridized carbons (Fsp3) is 0.391. The normalized spacial score (nSPS) is 14.0. The fourth-order valence-corrected chi connectivity index (χ4v) is 3.53. The van der Waals surface area contributed by atoms with Crippen LogP contribution in [0.1, 0.15) is 22.8 Å². The van der Waals surface area contributed by atoms with Gasteiger partial charge in [-0.3, -0.25) is 9.79 Å². The summed E-state index contributed by atoms with van der Waals surface area (Å²) in [6, 6.07) is 15.9. The summed E-state index contributed by atoms with van der Waals surface area (Å²) >= 11 is 0. The molecule has 0 radical (unpaired) electrons. The van der Waals surface area contributed by atoms with E-state index in [1.165, 1.54) is 5.69 Å². The van der Waals surface area contributed by atoms with Gasteiger partial charge in [0.2, 0.25) is 0 Å². The minimum absolute atomic E-state index is 0. The van der Waals surface area contributed by atoms with Crippen molar-refractivity contribution < 1.29 is 9.53 Å². The first kappa shape index (κ1) is 24.8. The van der Waals surface area contributed by atoms with Gasteiger partial charge in [-0.15, -0.1) is 24.0 Å². The Labute approximate surface area is 201 Å². The lowest BCUT2D eigenvalue weighted by atomic mass is 10.1. The zero-order valence-corrected chi connectivity index (χ0v) is 20.8. The minimum Gasteiger partial charge on any atom is -0.497 e. The number of benzene rings is 2. The number of guanidine groups is 1. The van der Waals surface area contributed by atoms with Crippen LogP contribution >= 0.6 is 24.0 Å². The van der Waals surface area contributed by atoms with Gasteiger partial charge in [-0.1, -0.05) is 18.2 Å². The van der Waals surface area contributed by atoms with Gasteiger partial charge in [0.25, 0.3) is 5.91 Å². The summed E-state index contributed by atoms with van der Waals surface area (Å²) < 4.78 is 5.34. The third-order valence-corrected chi connectivity index (χ3v) is 5.21. The van der Waals surface area contributed by atoms with E-state index in [1.54, 1.807) is 7.11 Å². The number of methoxy groups -OCH3 is 1. The number of nitrogens with one attached hydrogen (secondary N) is 2. The number of hydrogen-bond donors (Lipinski definition) is 2. The van der Waals surface area contributed by atoms with Crippen LogP contribution in [-0.4, -0.2) is 63.6 Å². The first-order chi connectivity index (χ1) is 14.6. The second-order valence-electron chi connectivity index (χ2n) is 7.13. The smallest absolute Gasteiger partial charge is 0.251 e. The Kier molecular flexibility index (Phi) is 9.90. The van der Waals surface area contributed by atoms with E-state index < -0.39 is 0 Å². The SMILES string of the molecule is CCNC(=O)c1ccc(CNC(=NC)N2CCN(c3cccc(OC)c3)CC2)cc1.I. The number of carbonyl (C=O) groups is 1. The molecule has 0 bridgehead atoms. The van der Waals surface area contributed by atoms with Crippen molar-refractivity contribution in [2.45, 2.75) is 13.5 Å². The van der Waals surface area contributed by atoms with Crippen molar-refractivity contribution >= 4 is 41.5 Å². The molecule has 0 unspecified atom stereocenters. The maximum Gasteiger partial charge on any atom is 0.251 e. The van der Waals surface area contributed by atoms with Gasteiger partial charge in [0.1, 0.15) is 5.75 Å². The molecule has 7 nitrogen and oxygen atoms in total. The van der Waals surface area contributed by atoms with Gasteiger partial charge in [-0.25, -0.2) is 0 Å². The molecule has 2 N–H and O–H groups in total. The average molecular weight is 537 g/mol. The van der Waals surface area contributed by atoms with Crippen LogP contribution in [0.5, 0.6) is 5.75 Å². The molecule has 8 heteroatoms. The number of hydrogen-bond acceptors (Lipinski definition) is 4. The zero-order valence-electron chi connectivity index (χ0n) is 18.4. The Morgan fingerprint density at radius 1 is 1.06 bits per heavy atom. The molecule has 1 aliphatic rings. The molecule has 1 saturated heterocycles. The second kappa shape index (κ2) is 12.4. The van der Waals surface area contributed by atoms with Gasteiger partial charge in [-0.05, 0) is 36.8 Å². The molecule has 168 valence electrons. The van der Waals surface area contributed by atoms with Crippen LogP contribution in [0, 0.1) is 0 Å². The molecular formula is C23H32IN5O2. The summed E-state index contributed by atoms with van der Waals surface area (Å²) in [6.45, 7) is 6.85. The van der Waals surface area contributed by atoms with E-state index in [1.807, 2.05) is 50.4 Å². The van der Waals surface area contributed by atoms with Gasteiger partial charge >= 0.3 is 0 Å². The number of amides is 1. The van der Waals surface area contributed by atoms with Gasteiger partial charge in [0.05, 0.1) is 7.11 Å². The van der Waals surface area contributed by atoms with Crippen molar-refractivity contribution in [3.8, 4) is 5.75 Å². The van der Waals surface area contributed by atoms with E-state index >= 15 is 0 Å². The Balaban J connectivity index is 0.00000341. The molecule has 0 spiro atoms. The van der Waals surface area contributed by atoms with Crippen LogP contribution in [0.4, 0.5) is 5.69 Å². The van der Waals surface area contributed by atoms with Crippen molar-refractivity contribution in [1.29, 1.82) is 0 Å². The van der Waals surface area contributed by atoms with E-state index in [4.69, 9.17) is 4.74 Å². The first-order valence-electron chi connectivity index (χ1n) is 10.4. The van der Waals surface area contributed by atoms with Crippen LogP contribution in [0.2, 0.25) is 0 Å². The highest BCUT2D eigenvalue weighted by Gasteiger charge is 2.20. The van der Waals surface area contributed by atoms with Crippen molar-refractivity contribution in [2.24, 2.45) is 4.99 Å². The van der Waals surface area contributed by atoms with Gasteiger partial charge in [0, 0.05) is 63.6 Å². The number of anilines is 1. The Morgan fingerprint density at radius 3 is 2.39 bits per heavy atom. The lowest BCUT2D eigenvalue weighted by Crippen LogP contribution is -2.52. The standard InChI is InChI=1S/C23H31N5O2.HI/c1-4-25-22(29)19-10-8-18(9-11-19)17-26-23(24-2)28-14-12-27(13-15-28)20-6-5-7-21(16-20)30-3;/h5-11,16H,4,12-15,17H2,1-3H3,(H,24,26)(H,25,29);1H. The predicted octanol–water partition coefficient (Wildman–Crippen LogP) is 2.96. The van der Waals surface area contributed by atoms with E-state index in [2.05, 4.69) is 37.6 Å². The van der Waals surface area contributed by atoms with Crippen LogP contribution in [0.25, 0.3) is 0 Å². The molecule has 0 atom stereocenters. The molecule has 0 saturated carbocycles. The molecule has 0 aliphatic carbocycles. The molecule has 1 aliphatic heterocycles. The summed E-state index contributed by atoms with van der Waals surface area (Å²) in [5.41, 5.74) is 2.97. The van der Waals surface area contributed by atoms with E-state index in [9.17, 15) is 4.79 Å². The molecule has 1 fully saturated rings. The van der Waals surface area contributed by atoms with Crippen molar-refractivity contribution in [2.75, 3.05) is 51.8 Å². The average Bonchev–Trinajstić information content (AvgIpc) is 2.80. The highest BCUT2D eigenvalue weighted by molar-refractivity contribution is 14.0. The maximum atomic E-state index is 11.9. The van der Waals surface area contributed by atoms with Crippen LogP contribution in [-0.2, 0) is 6.54 Å². The predicted molar refractivity (Wildman–Crippen MR) is 137 cm³/mol. The number of carbonyl (C=O) groups excluding carboxylic acids is 1. The topological polar surface area (TPSA) is 69.2 Å². The number of aliphatic imine (C=N–C) groups is 1. The Bertz CT molecular complexity index is 865. The fourth-order valence-electron chi connectivity index (χ4n) is 3.53. The Morgan fingerprint density at radius 2 is 1.77 bits per heavy atom. The number of rotatable bonds is 6. The molecule has 2 aromatic rings. The second-order valence-corrected chi connectivity index (χ2v) is 7.13. The van der Waals surface area contributed by atoms with E-state index in [0.717, 1.165) is 43.5 Å². The molecule has 3 rings (SSSR count). The maximum absolute atomic E-state index is 11.9. The highest BCUT2D eigenvalue weighted by Crippen LogP contribution is 2.22. The lowest BCUT2D eigenvalue weighted by Gasteiger charge is -2.37. The van der Waals surface area contributed by atoms with Crippen LogP contribution in [0.15, 0.2) is 53.5 Å². The van der Waals surface area contributed by atoms with Gasteiger partial charge in [-0.2, -0.15) is 0 Å². The minimum atomic E-state index is -0.0401. The summed E-state index contributed by atoms with van der Waals surface area (Å²) in [5.74, 6) is 1.74. The van der Waals surface area contributed by atoms with E-state index in [0.29, 0.717) is 18.7 Å². The summed E-state index contributed by atoms with van der Waals surface area (Å²) in [5, 5.41) is 6.25. The van der Waals surface area contributed by atoms with Crippen LogP contribution < -0.4 is 20.3 Å². The number of halogens is 1. The molecular weight excluding hydrogens is 505 g/mol. The Hall–Kier alpha value is -2.49. The first-order valence-corrected chi connectivity index (χ1v) is 10.4. The highest BCUT2D eigenvalue weighted by atomic mass is 127. The summed E-state index contributed by atoms with van der Waals surface area (Å²) in [7, 11) is 3.51. The molecule has 2 aromatic carbocycles. The van der Waals surface area contributed by atoms with Crippen LogP contribution in [0.3, 0.4) is 0 Å². The molecule has 0 aromatic heterocycles. The number of piperazine rings is 1. The third-order valence-electron chi connectivity index (χ3n) is 5.21. The molecule has 1 amide bonds. The summed E-state index contributed by atoms with van der Waals surface area (Å²) in [4.78, 5) is 21.0. The quantitative estimate of drug-likeness (QED) is 0.337. The molecule has 31 heavy (non-hydrogen) atoms. The number of ether oxygens (including phenoxy) is 1. The van der Waals surface area contributed by atoms with Crippen molar-refractivity contribution in [3.63, 3.8) is 0 Å². The zero-order chi connectivity index (χ0) is 21.3. The van der Waals surface area contributed by atoms with E-state index in [-0.39, 0.29) is 29.9 Å². The monoisotopic (exact) mass is 537 g/mol. The third kappa shape index (κ3) is 6.75. The van der Waals surface area contributed by atoms with Crippen molar-refractivity contribution in [3.05, 3.63) is 59.7 Å².